The molecular formula is C12H20O4. The second-order valence-corrected chi connectivity index (χ2v) is 4.60. The maximum absolute atomic E-state index is 12.0. The van der Waals surface area contributed by atoms with Crippen molar-refractivity contribution >= 4 is 5.97 Å². The number of ether oxygens (including phenoxy) is 3. The maximum Gasteiger partial charge on any atom is 0.341 e. The molecule has 0 N–H and O–H groups in total. The Morgan fingerprint density at radius 2 is 2.12 bits per heavy atom. The van der Waals surface area contributed by atoms with Crippen molar-refractivity contribution in [2.24, 2.45) is 5.92 Å². The fourth-order valence-corrected chi connectivity index (χ4v) is 2.70. The molecule has 0 aromatic carbocycles. The van der Waals surface area contributed by atoms with E-state index in [9.17, 15) is 4.79 Å². The standard InChI is InChI=1S/C12H20O4/c1-4-11(10(13)15-5-2)12(16-11,8-14-3)9-6-7-9/h9H,4-8H2,1-3H3. The quantitative estimate of drug-likeness (QED) is 0.511. The molecule has 2 rings (SSSR count). The van der Waals surface area contributed by atoms with Gasteiger partial charge in [0.2, 0.25) is 0 Å². The van der Waals surface area contributed by atoms with Gasteiger partial charge in [-0.3, -0.25) is 0 Å². The third-order valence-corrected chi connectivity index (χ3v) is 3.70. The van der Waals surface area contributed by atoms with Gasteiger partial charge in [-0.1, -0.05) is 6.92 Å². The van der Waals surface area contributed by atoms with Gasteiger partial charge in [0.05, 0.1) is 13.2 Å². The van der Waals surface area contributed by atoms with Crippen LogP contribution < -0.4 is 0 Å². The normalized spacial score (nSPS) is 37.2. The monoisotopic (exact) mass is 228 g/mol. The van der Waals surface area contributed by atoms with E-state index >= 15 is 0 Å². The van der Waals surface area contributed by atoms with Crippen molar-refractivity contribution in [3.8, 4) is 0 Å². The maximum atomic E-state index is 12.0. The summed E-state index contributed by atoms with van der Waals surface area (Å²) in [5, 5.41) is 0. The third kappa shape index (κ3) is 1.47. The number of carbonyl (C=O) groups is 1. The minimum Gasteiger partial charge on any atom is -0.464 e. The predicted octanol–water partition coefficient (Wildman–Crippen LogP) is 1.52. The second kappa shape index (κ2) is 4.00. The molecule has 0 amide bonds. The van der Waals surface area contributed by atoms with E-state index in [1.807, 2.05) is 13.8 Å². The second-order valence-electron chi connectivity index (χ2n) is 4.60. The van der Waals surface area contributed by atoms with E-state index < -0.39 is 11.2 Å². The molecule has 1 saturated carbocycles. The number of methoxy groups -OCH3 is 1. The van der Waals surface area contributed by atoms with Crippen LogP contribution in [0.3, 0.4) is 0 Å². The molecule has 1 aliphatic carbocycles. The summed E-state index contributed by atoms with van der Waals surface area (Å²) >= 11 is 0. The topological polar surface area (TPSA) is 48.1 Å². The van der Waals surface area contributed by atoms with Gasteiger partial charge in [0.1, 0.15) is 5.60 Å². The van der Waals surface area contributed by atoms with Crippen molar-refractivity contribution in [3.63, 3.8) is 0 Å². The summed E-state index contributed by atoms with van der Waals surface area (Å²) < 4.78 is 16.2. The van der Waals surface area contributed by atoms with Gasteiger partial charge in [-0.2, -0.15) is 0 Å². The Labute approximate surface area is 96.2 Å². The summed E-state index contributed by atoms with van der Waals surface area (Å²) in [6.45, 7) is 4.68. The van der Waals surface area contributed by atoms with Crippen molar-refractivity contribution in [1.29, 1.82) is 0 Å². The molecule has 2 aliphatic rings. The zero-order valence-corrected chi connectivity index (χ0v) is 10.2. The summed E-state index contributed by atoms with van der Waals surface area (Å²) in [7, 11) is 1.65. The minimum atomic E-state index is -0.736. The molecule has 0 aromatic rings. The lowest BCUT2D eigenvalue weighted by Gasteiger charge is -2.16. The number of hydrogen-bond donors (Lipinski definition) is 0. The molecule has 16 heavy (non-hydrogen) atoms. The van der Waals surface area contributed by atoms with E-state index in [1.54, 1.807) is 7.11 Å². The molecule has 0 spiro atoms. The first-order chi connectivity index (χ1) is 7.66. The molecule has 2 fully saturated rings. The first-order valence-electron chi connectivity index (χ1n) is 6.03. The van der Waals surface area contributed by atoms with Crippen LogP contribution in [0.5, 0.6) is 0 Å². The molecular weight excluding hydrogens is 208 g/mol. The predicted molar refractivity (Wildman–Crippen MR) is 58.1 cm³/mol. The minimum absolute atomic E-state index is 0.221. The van der Waals surface area contributed by atoms with Crippen LogP contribution in [-0.2, 0) is 19.0 Å². The molecule has 1 saturated heterocycles. The van der Waals surface area contributed by atoms with Crippen molar-refractivity contribution in [2.45, 2.75) is 44.3 Å². The molecule has 1 heterocycles. The van der Waals surface area contributed by atoms with Gasteiger partial charge in [0, 0.05) is 7.11 Å². The van der Waals surface area contributed by atoms with Gasteiger partial charge in [0.15, 0.2) is 5.60 Å². The van der Waals surface area contributed by atoms with Gasteiger partial charge in [-0.05, 0) is 32.1 Å². The average Bonchev–Trinajstić information content (AvgIpc) is 3.13. The highest BCUT2D eigenvalue weighted by molar-refractivity contribution is 5.85. The van der Waals surface area contributed by atoms with Crippen LogP contribution in [0.1, 0.15) is 33.1 Å². The highest BCUT2D eigenvalue weighted by Gasteiger charge is 2.79. The molecule has 4 heteroatoms. The Bertz CT molecular complexity index is 287. The molecule has 2 unspecified atom stereocenters. The SMILES string of the molecule is CCOC(=O)C1(CC)OC1(COC)C1CC1. The van der Waals surface area contributed by atoms with Crippen molar-refractivity contribution in [3.05, 3.63) is 0 Å². The molecule has 0 aromatic heterocycles. The van der Waals surface area contributed by atoms with Crippen molar-refractivity contribution in [1.82, 2.24) is 0 Å². The van der Waals surface area contributed by atoms with E-state index in [0.717, 1.165) is 12.8 Å². The number of rotatable bonds is 6. The molecule has 2 atom stereocenters. The summed E-state index contributed by atoms with van der Waals surface area (Å²) in [5.74, 6) is 0.248. The largest absolute Gasteiger partial charge is 0.464 e. The molecule has 0 bridgehead atoms. The van der Waals surface area contributed by atoms with Gasteiger partial charge in [-0.25, -0.2) is 4.79 Å². The molecule has 1 aliphatic heterocycles. The number of esters is 1. The number of carbonyl (C=O) groups excluding carboxylic acids is 1. The van der Waals surface area contributed by atoms with Gasteiger partial charge in [0.25, 0.3) is 0 Å². The van der Waals surface area contributed by atoms with E-state index in [-0.39, 0.29) is 5.97 Å². The zero-order chi connectivity index (χ0) is 11.8. The lowest BCUT2D eigenvalue weighted by atomic mass is 9.86. The average molecular weight is 228 g/mol. The number of hydrogen-bond acceptors (Lipinski definition) is 4. The van der Waals surface area contributed by atoms with E-state index in [0.29, 0.717) is 25.6 Å². The smallest absolute Gasteiger partial charge is 0.341 e. The van der Waals surface area contributed by atoms with Gasteiger partial charge < -0.3 is 14.2 Å². The summed E-state index contributed by atoms with van der Waals surface area (Å²) in [6.07, 6.45) is 2.92. The summed E-state index contributed by atoms with van der Waals surface area (Å²) in [5.41, 5.74) is -1.14. The van der Waals surface area contributed by atoms with Crippen LogP contribution in [-0.4, -0.2) is 37.5 Å². The Morgan fingerprint density at radius 1 is 1.44 bits per heavy atom. The number of epoxide rings is 1. The van der Waals surface area contributed by atoms with Crippen molar-refractivity contribution in [2.75, 3.05) is 20.3 Å². The van der Waals surface area contributed by atoms with E-state index in [4.69, 9.17) is 14.2 Å². The Balaban J connectivity index is 2.14. The lowest BCUT2D eigenvalue weighted by molar-refractivity contribution is -0.149. The first-order valence-corrected chi connectivity index (χ1v) is 6.03. The fourth-order valence-electron chi connectivity index (χ4n) is 2.70. The summed E-state index contributed by atoms with van der Waals surface area (Å²) in [4.78, 5) is 12.0. The fraction of sp³-hybridized carbons (Fsp3) is 0.917. The first kappa shape index (κ1) is 11.9. The third-order valence-electron chi connectivity index (χ3n) is 3.70. The summed E-state index contributed by atoms with van der Waals surface area (Å²) in [6, 6.07) is 0. The Morgan fingerprint density at radius 3 is 2.56 bits per heavy atom. The van der Waals surface area contributed by atoms with Crippen LogP contribution in [0.2, 0.25) is 0 Å². The van der Waals surface area contributed by atoms with Gasteiger partial charge in [-0.15, -0.1) is 0 Å². The van der Waals surface area contributed by atoms with E-state index in [2.05, 4.69) is 0 Å². The van der Waals surface area contributed by atoms with Gasteiger partial charge >= 0.3 is 5.97 Å². The van der Waals surface area contributed by atoms with Crippen molar-refractivity contribution < 1.29 is 19.0 Å². The highest BCUT2D eigenvalue weighted by Crippen LogP contribution is 2.62. The molecule has 4 nitrogen and oxygen atoms in total. The van der Waals surface area contributed by atoms with E-state index in [1.165, 1.54) is 0 Å². The van der Waals surface area contributed by atoms with Crippen LogP contribution in [0.15, 0.2) is 0 Å². The highest BCUT2D eigenvalue weighted by atomic mass is 16.7. The Kier molecular flexibility index (Phi) is 2.97. The zero-order valence-electron chi connectivity index (χ0n) is 10.2. The molecule has 0 radical (unpaired) electrons. The van der Waals surface area contributed by atoms with Crippen LogP contribution in [0.4, 0.5) is 0 Å². The Hall–Kier alpha value is -0.610. The van der Waals surface area contributed by atoms with Crippen LogP contribution >= 0.6 is 0 Å². The van der Waals surface area contributed by atoms with Crippen LogP contribution in [0, 0.1) is 5.92 Å². The molecule has 92 valence electrons. The van der Waals surface area contributed by atoms with Crippen LogP contribution in [0.25, 0.3) is 0 Å². The lowest BCUT2D eigenvalue weighted by Crippen LogP contribution is -2.39.